The molecule has 0 saturated heterocycles. The summed E-state index contributed by atoms with van der Waals surface area (Å²) < 4.78 is 20.1. The maximum Gasteiger partial charge on any atom is 0.387 e. The minimum Gasteiger partial charge on any atom is -0.399 e. The van der Waals surface area contributed by atoms with Crippen molar-refractivity contribution in [3.63, 3.8) is 0 Å². The van der Waals surface area contributed by atoms with Crippen molar-refractivity contribution < 1.29 is 12.9 Å². The summed E-state index contributed by atoms with van der Waals surface area (Å²) in [4.78, 5) is 0. The highest BCUT2D eigenvalue weighted by Gasteiger charge is 2.26. The molecule has 3 aromatic rings. The fourth-order valence-electron chi connectivity index (χ4n) is 4.89. The van der Waals surface area contributed by atoms with Crippen LogP contribution in [0.3, 0.4) is 0 Å². The summed E-state index contributed by atoms with van der Waals surface area (Å²) in [6.07, 6.45) is 5.62. The van der Waals surface area contributed by atoms with Gasteiger partial charge in [-0.05, 0) is 63.8 Å². The number of hydrogen-bond acceptors (Lipinski definition) is 3. The van der Waals surface area contributed by atoms with Gasteiger partial charge in [0.25, 0.3) is 0 Å². The maximum atomic E-state index is 6.81. The van der Waals surface area contributed by atoms with Crippen molar-refractivity contribution in [3.05, 3.63) is 46.5 Å². The van der Waals surface area contributed by atoms with Gasteiger partial charge in [-0.3, -0.25) is 4.52 Å². The Morgan fingerprint density at radius 2 is 1.29 bits per heavy atom. The van der Waals surface area contributed by atoms with Crippen LogP contribution in [0.1, 0.15) is 131 Å². The van der Waals surface area contributed by atoms with Gasteiger partial charge in [0.05, 0.1) is 6.61 Å². The van der Waals surface area contributed by atoms with E-state index in [1.54, 1.807) is 0 Å². The van der Waals surface area contributed by atoms with E-state index in [9.17, 15) is 0 Å². The molecule has 2 unspecified atom stereocenters. The SMILES string of the molecule is CCCCC(CC)COp1oc2c(CC)cc(C(C)(C)C)cc2c2cc(C(C)(C)C)cc(C(C)(C)C)c2o1. The number of unbranched alkanes of at least 4 members (excludes halogenated alkanes) is 1. The molecule has 0 radical (unpaired) electrons. The molecule has 0 spiro atoms. The molecule has 0 N–H and O–H groups in total. The second kappa shape index (κ2) is 11.8. The minimum absolute atomic E-state index is 0.00639. The van der Waals surface area contributed by atoms with E-state index in [2.05, 4.69) is 107 Å². The molecule has 0 saturated carbocycles. The van der Waals surface area contributed by atoms with Crippen LogP contribution in [0, 0.1) is 5.92 Å². The van der Waals surface area contributed by atoms with Gasteiger partial charge in [0, 0.05) is 16.3 Å². The van der Waals surface area contributed by atoms with E-state index in [0.29, 0.717) is 12.5 Å². The molecule has 1 heterocycles. The van der Waals surface area contributed by atoms with Crippen LogP contribution < -0.4 is 4.52 Å². The quantitative estimate of drug-likeness (QED) is 0.285. The van der Waals surface area contributed by atoms with Crippen molar-refractivity contribution >= 4 is 30.2 Å². The van der Waals surface area contributed by atoms with Crippen LogP contribution in [0.5, 0.6) is 0 Å². The Kier molecular flexibility index (Phi) is 9.58. The third-order valence-corrected chi connectivity index (χ3v) is 8.78. The molecule has 0 aliphatic rings. The monoisotopic (exact) mass is 540 g/mol. The Balaban J connectivity index is 2.47. The molecule has 2 atom stereocenters. The summed E-state index contributed by atoms with van der Waals surface area (Å²) >= 11 is 0. The summed E-state index contributed by atoms with van der Waals surface area (Å²) in [5.41, 5.74) is 6.84. The predicted octanol–water partition coefficient (Wildman–Crippen LogP) is 11.4. The van der Waals surface area contributed by atoms with E-state index in [4.69, 9.17) is 12.9 Å². The molecule has 1 aromatic heterocycles. The van der Waals surface area contributed by atoms with Gasteiger partial charge in [0.1, 0.15) is 11.2 Å². The molecule has 0 amide bonds. The number of benzene rings is 2. The largest absolute Gasteiger partial charge is 0.399 e. The topological polar surface area (TPSA) is 35.5 Å². The standard InChI is InChI=1S/C34H53O3P/c1-13-16-17-23(14-2)22-35-38-36-30-24(15-3)18-25(32(4,5)6)19-27(30)28-20-26(33(7,8)9)21-29(31(28)37-38)34(10,11)12/h18-21,23H,13-17,22H2,1-12H3. The molecule has 0 bridgehead atoms. The van der Waals surface area contributed by atoms with Crippen LogP contribution in [-0.4, -0.2) is 6.61 Å². The lowest BCUT2D eigenvalue weighted by molar-refractivity contribution is 0.276. The summed E-state index contributed by atoms with van der Waals surface area (Å²) in [5.74, 6) is 0.520. The van der Waals surface area contributed by atoms with Crippen LogP contribution in [0.25, 0.3) is 21.9 Å². The Morgan fingerprint density at radius 1 is 0.737 bits per heavy atom. The smallest absolute Gasteiger partial charge is 0.387 e. The zero-order valence-corrected chi connectivity index (χ0v) is 27.2. The van der Waals surface area contributed by atoms with Gasteiger partial charge in [-0.15, -0.1) is 0 Å². The third kappa shape index (κ3) is 7.08. The number of rotatable bonds is 8. The summed E-state index contributed by atoms with van der Waals surface area (Å²) in [6, 6.07) is 9.35. The molecule has 3 nitrogen and oxygen atoms in total. The fourth-order valence-corrected chi connectivity index (χ4v) is 6.08. The molecule has 38 heavy (non-hydrogen) atoms. The summed E-state index contributed by atoms with van der Waals surface area (Å²) in [7, 11) is -1.59. The number of fused-ring (bicyclic) bond motifs is 3. The van der Waals surface area contributed by atoms with Crippen LogP contribution in [0.15, 0.2) is 32.7 Å². The van der Waals surface area contributed by atoms with E-state index in [1.165, 1.54) is 41.5 Å². The highest BCUT2D eigenvalue weighted by Crippen LogP contribution is 2.43. The molecule has 212 valence electrons. The second-order valence-electron chi connectivity index (χ2n) is 14.1. The number of aryl methyl sites for hydroxylation is 1. The lowest BCUT2D eigenvalue weighted by Gasteiger charge is -2.26. The lowest BCUT2D eigenvalue weighted by Crippen LogP contribution is -2.16. The molecular weight excluding hydrogens is 487 g/mol. The second-order valence-corrected chi connectivity index (χ2v) is 15.2. The first kappa shape index (κ1) is 30.8. The van der Waals surface area contributed by atoms with Crippen LogP contribution in [0.4, 0.5) is 0 Å². The molecule has 0 aliphatic carbocycles. The zero-order chi connectivity index (χ0) is 28.5. The average Bonchev–Trinajstić information content (AvgIpc) is 2.97. The highest BCUT2D eigenvalue weighted by molar-refractivity contribution is 7.31. The van der Waals surface area contributed by atoms with Crippen molar-refractivity contribution in [1.82, 2.24) is 0 Å². The first-order valence-corrected chi connectivity index (χ1v) is 15.8. The first-order chi connectivity index (χ1) is 17.6. The molecule has 0 fully saturated rings. The van der Waals surface area contributed by atoms with E-state index in [0.717, 1.165) is 34.8 Å². The van der Waals surface area contributed by atoms with Crippen LogP contribution >= 0.6 is 8.24 Å². The van der Waals surface area contributed by atoms with Crippen molar-refractivity contribution in [2.75, 3.05) is 6.61 Å². The average molecular weight is 541 g/mol. The Hall–Kier alpha value is -1.70. The van der Waals surface area contributed by atoms with Gasteiger partial charge in [-0.1, -0.05) is 114 Å². The normalized spacial score (nSPS) is 14.4. The van der Waals surface area contributed by atoms with E-state index >= 15 is 0 Å². The van der Waals surface area contributed by atoms with E-state index < -0.39 is 8.24 Å². The van der Waals surface area contributed by atoms with Crippen LogP contribution in [-0.2, 0) is 22.7 Å². The van der Waals surface area contributed by atoms with E-state index in [1.807, 2.05) is 0 Å². The molecular formula is C34H53O3P. The number of hydrogen-bond donors (Lipinski definition) is 0. The Labute approximate surface area is 233 Å². The Bertz CT molecular complexity index is 1280. The lowest BCUT2D eigenvalue weighted by atomic mass is 9.79. The van der Waals surface area contributed by atoms with Crippen molar-refractivity contribution in [1.29, 1.82) is 0 Å². The summed E-state index contributed by atoms with van der Waals surface area (Å²) in [6.45, 7) is 27.9. The van der Waals surface area contributed by atoms with Crippen molar-refractivity contribution in [2.45, 2.75) is 131 Å². The van der Waals surface area contributed by atoms with E-state index in [-0.39, 0.29) is 16.2 Å². The first-order valence-electron chi connectivity index (χ1n) is 14.8. The fraction of sp³-hybridized carbons (Fsp3) is 0.647. The minimum atomic E-state index is -1.59. The van der Waals surface area contributed by atoms with Crippen LogP contribution in [0.2, 0.25) is 0 Å². The van der Waals surface area contributed by atoms with Gasteiger partial charge in [0.2, 0.25) is 0 Å². The van der Waals surface area contributed by atoms with Gasteiger partial charge in [-0.25, -0.2) is 0 Å². The highest BCUT2D eigenvalue weighted by atomic mass is 31.1. The zero-order valence-electron chi connectivity index (χ0n) is 26.3. The van der Waals surface area contributed by atoms with Gasteiger partial charge in [0.15, 0.2) is 0 Å². The molecule has 0 aliphatic heterocycles. The third-order valence-electron chi connectivity index (χ3n) is 7.76. The van der Waals surface area contributed by atoms with Gasteiger partial charge in [-0.2, -0.15) is 0 Å². The predicted molar refractivity (Wildman–Crippen MR) is 167 cm³/mol. The van der Waals surface area contributed by atoms with Gasteiger partial charge < -0.3 is 8.39 Å². The summed E-state index contributed by atoms with van der Waals surface area (Å²) in [5, 5.41) is 2.26. The maximum absolute atomic E-state index is 6.81. The molecule has 3 rings (SSSR count). The molecule has 4 heteroatoms. The Morgan fingerprint density at radius 3 is 1.79 bits per heavy atom. The molecule has 2 aromatic carbocycles. The van der Waals surface area contributed by atoms with Crippen molar-refractivity contribution in [2.24, 2.45) is 5.92 Å². The van der Waals surface area contributed by atoms with Crippen molar-refractivity contribution in [3.8, 4) is 0 Å². The van der Waals surface area contributed by atoms with Gasteiger partial charge >= 0.3 is 8.24 Å².